The highest BCUT2D eigenvalue weighted by molar-refractivity contribution is 5.71. The highest BCUT2D eigenvalue weighted by atomic mass is 16.6. The van der Waals surface area contributed by atoms with Crippen molar-refractivity contribution in [2.45, 2.75) is 354 Å². The average molecular weight is 986 g/mol. The van der Waals surface area contributed by atoms with Gasteiger partial charge in [0.05, 0.1) is 0 Å². The zero-order valence-corrected chi connectivity index (χ0v) is 47.3. The van der Waals surface area contributed by atoms with Crippen molar-refractivity contribution in [1.82, 2.24) is 0 Å². The van der Waals surface area contributed by atoms with Gasteiger partial charge in [-0.25, -0.2) is 0 Å². The number of unbranched alkanes of at least 4 members (excludes halogenated alkanes) is 43. The van der Waals surface area contributed by atoms with Gasteiger partial charge in [0.15, 0.2) is 6.10 Å². The van der Waals surface area contributed by atoms with Crippen molar-refractivity contribution in [2.24, 2.45) is 0 Å². The summed E-state index contributed by atoms with van der Waals surface area (Å²) >= 11 is 0. The molecule has 0 rings (SSSR count). The van der Waals surface area contributed by atoms with Gasteiger partial charge >= 0.3 is 17.9 Å². The van der Waals surface area contributed by atoms with E-state index in [0.29, 0.717) is 19.3 Å². The van der Waals surface area contributed by atoms with Crippen molar-refractivity contribution in [3.05, 3.63) is 24.3 Å². The summed E-state index contributed by atoms with van der Waals surface area (Å²) in [4.78, 5) is 38.3. The van der Waals surface area contributed by atoms with Gasteiger partial charge < -0.3 is 14.2 Å². The second-order valence-electron chi connectivity index (χ2n) is 21.3. The van der Waals surface area contributed by atoms with Gasteiger partial charge in [-0.05, 0) is 70.6 Å². The minimum atomic E-state index is -0.772. The van der Waals surface area contributed by atoms with Crippen LogP contribution in [0.25, 0.3) is 0 Å². The van der Waals surface area contributed by atoms with Crippen LogP contribution in [-0.2, 0) is 28.6 Å². The number of esters is 3. The number of rotatable bonds is 58. The molecule has 0 radical (unpaired) electrons. The minimum absolute atomic E-state index is 0.0694. The summed E-state index contributed by atoms with van der Waals surface area (Å²) in [6.45, 7) is 6.69. The summed E-state index contributed by atoms with van der Waals surface area (Å²) in [5, 5.41) is 0. The topological polar surface area (TPSA) is 78.9 Å². The van der Waals surface area contributed by atoms with Crippen LogP contribution in [0.1, 0.15) is 348 Å². The van der Waals surface area contributed by atoms with Crippen molar-refractivity contribution in [3.8, 4) is 0 Å². The molecule has 0 spiro atoms. The molecule has 0 fully saturated rings. The summed E-state index contributed by atoms with van der Waals surface area (Å²) in [6, 6.07) is 0. The standard InChI is InChI=1S/C64H120O6/c1-4-7-10-13-16-19-22-25-28-31-34-36-39-42-45-48-51-54-57-63(66)69-60-61(70-64(67)58-55-52-49-46-43-40-37-33-30-27-24-21-18-15-12-9-6-3)59-68-62(65)56-53-50-47-44-41-38-35-32-29-26-23-20-17-14-11-8-5-2/h26-27,29-30,61H,4-25,28,31-60H2,1-3H3/b29-26-,30-27-/t61-/m1/s1. The van der Waals surface area contributed by atoms with Crippen molar-refractivity contribution < 1.29 is 28.6 Å². The van der Waals surface area contributed by atoms with E-state index in [1.165, 1.54) is 250 Å². The van der Waals surface area contributed by atoms with Gasteiger partial charge in [-0.15, -0.1) is 0 Å². The smallest absolute Gasteiger partial charge is 0.306 e. The van der Waals surface area contributed by atoms with Crippen LogP contribution in [0.2, 0.25) is 0 Å². The van der Waals surface area contributed by atoms with Crippen molar-refractivity contribution >= 4 is 17.9 Å². The van der Waals surface area contributed by atoms with E-state index < -0.39 is 6.10 Å². The number of carbonyl (C=O) groups excluding carboxylic acids is 3. The molecule has 0 aliphatic carbocycles. The van der Waals surface area contributed by atoms with E-state index in [2.05, 4.69) is 45.1 Å². The molecule has 1 atom stereocenters. The maximum atomic E-state index is 12.9. The van der Waals surface area contributed by atoms with E-state index >= 15 is 0 Å². The van der Waals surface area contributed by atoms with Crippen molar-refractivity contribution in [1.29, 1.82) is 0 Å². The first-order chi connectivity index (χ1) is 34.5. The van der Waals surface area contributed by atoms with Gasteiger partial charge in [-0.1, -0.05) is 283 Å². The minimum Gasteiger partial charge on any atom is -0.462 e. The van der Waals surface area contributed by atoms with Gasteiger partial charge in [-0.3, -0.25) is 14.4 Å². The SMILES string of the molecule is CCCCCCCC/C=C\CCCCCCCCCC(=O)OC[C@H](COC(=O)CCCCCCCCCCCCCCCCCCCC)OC(=O)CCCCCCCCC/C=C\CCCCCCCC. The van der Waals surface area contributed by atoms with Crippen LogP contribution in [-0.4, -0.2) is 37.2 Å². The summed E-state index contributed by atoms with van der Waals surface area (Å²) in [5.74, 6) is -0.853. The predicted octanol–water partition coefficient (Wildman–Crippen LogP) is 21.1. The van der Waals surface area contributed by atoms with Crippen LogP contribution in [0.15, 0.2) is 24.3 Å². The van der Waals surface area contributed by atoms with Crippen LogP contribution in [0, 0.1) is 0 Å². The van der Waals surface area contributed by atoms with Crippen molar-refractivity contribution in [2.75, 3.05) is 13.2 Å². The van der Waals surface area contributed by atoms with E-state index in [1.54, 1.807) is 0 Å². The largest absolute Gasteiger partial charge is 0.462 e. The molecule has 0 aromatic heterocycles. The molecule has 0 saturated carbocycles. The summed E-state index contributed by atoms with van der Waals surface area (Å²) < 4.78 is 16.9. The third-order valence-corrected chi connectivity index (χ3v) is 14.2. The fourth-order valence-electron chi connectivity index (χ4n) is 9.44. The lowest BCUT2D eigenvalue weighted by Gasteiger charge is -2.18. The second-order valence-corrected chi connectivity index (χ2v) is 21.3. The average Bonchev–Trinajstić information content (AvgIpc) is 3.36. The van der Waals surface area contributed by atoms with Crippen LogP contribution in [0.3, 0.4) is 0 Å². The molecule has 0 aliphatic heterocycles. The number of ether oxygens (including phenoxy) is 3. The quantitative estimate of drug-likeness (QED) is 0.0261. The Kier molecular flexibility index (Phi) is 57.7. The van der Waals surface area contributed by atoms with Gasteiger partial charge in [0.2, 0.25) is 0 Å². The Morgan fingerprint density at radius 3 is 0.714 bits per heavy atom. The molecule has 0 aromatic rings. The van der Waals surface area contributed by atoms with Crippen LogP contribution >= 0.6 is 0 Å². The molecule has 0 aromatic carbocycles. The summed E-state index contributed by atoms with van der Waals surface area (Å²) in [6.07, 6.45) is 70.3. The van der Waals surface area contributed by atoms with Crippen molar-refractivity contribution in [3.63, 3.8) is 0 Å². The molecule has 6 heteroatoms. The number of hydrogen-bond donors (Lipinski definition) is 0. The molecule has 0 heterocycles. The molecule has 0 N–H and O–H groups in total. The Morgan fingerprint density at radius 2 is 0.471 bits per heavy atom. The van der Waals surface area contributed by atoms with E-state index in [0.717, 1.165) is 57.8 Å². The fourth-order valence-corrected chi connectivity index (χ4v) is 9.44. The van der Waals surface area contributed by atoms with Gasteiger partial charge in [-0.2, -0.15) is 0 Å². The van der Waals surface area contributed by atoms with E-state index in [1.807, 2.05) is 0 Å². The lowest BCUT2D eigenvalue weighted by Crippen LogP contribution is -2.30. The second kappa shape index (κ2) is 59.5. The maximum absolute atomic E-state index is 12.9. The Morgan fingerprint density at radius 1 is 0.271 bits per heavy atom. The van der Waals surface area contributed by atoms with Gasteiger partial charge in [0.25, 0.3) is 0 Å². The van der Waals surface area contributed by atoms with Gasteiger partial charge in [0.1, 0.15) is 13.2 Å². The highest BCUT2D eigenvalue weighted by Gasteiger charge is 2.19. The highest BCUT2D eigenvalue weighted by Crippen LogP contribution is 2.17. The molecule has 0 unspecified atom stereocenters. The summed E-state index contributed by atoms with van der Waals surface area (Å²) in [7, 11) is 0. The Balaban J connectivity index is 4.33. The van der Waals surface area contributed by atoms with Crippen LogP contribution in [0.5, 0.6) is 0 Å². The van der Waals surface area contributed by atoms with E-state index in [-0.39, 0.29) is 31.1 Å². The molecule has 70 heavy (non-hydrogen) atoms. The van der Waals surface area contributed by atoms with Crippen LogP contribution in [0.4, 0.5) is 0 Å². The lowest BCUT2D eigenvalue weighted by molar-refractivity contribution is -0.167. The number of allylic oxidation sites excluding steroid dienone is 4. The Labute approximate surface area is 436 Å². The Bertz CT molecular complexity index is 1130. The van der Waals surface area contributed by atoms with Crippen LogP contribution < -0.4 is 0 Å². The third-order valence-electron chi connectivity index (χ3n) is 14.2. The first-order valence-electron chi connectivity index (χ1n) is 31.3. The lowest BCUT2D eigenvalue weighted by atomic mass is 10.0. The van der Waals surface area contributed by atoms with Gasteiger partial charge in [0, 0.05) is 19.3 Å². The molecular weight excluding hydrogens is 865 g/mol. The molecule has 0 aliphatic rings. The molecule has 412 valence electrons. The first kappa shape index (κ1) is 67.9. The molecule has 0 saturated heterocycles. The van der Waals surface area contributed by atoms with E-state index in [9.17, 15) is 14.4 Å². The predicted molar refractivity (Wildman–Crippen MR) is 303 cm³/mol. The zero-order chi connectivity index (χ0) is 50.7. The Hall–Kier alpha value is -2.11. The molecule has 0 amide bonds. The number of carbonyl (C=O) groups is 3. The molecular formula is C64H120O6. The monoisotopic (exact) mass is 985 g/mol. The third kappa shape index (κ3) is 56.8. The maximum Gasteiger partial charge on any atom is 0.306 e. The first-order valence-corrected chi connectivity index (χ1v) is 31.3. The normalized spacial score (nSPS) is 12.1. The molecule has 0 bridgehead atoms. The fraction of sp³-hybridized carbons (Fsp3) is 0.891. The molecule has 6 nitrogen and oxygen atoms in total. The summed E-state index contributed by atoms with van der Waals surface area (Å²) in [5.41, 5.74) is 0. The van der Waals surface area contributed by atoms with E-state index in [4.69, 9.17) is 14.2 Å². The zero-order valence-electron chi connectivity index (χ0n) is 47.3. The number of hydrogen-bond acceptors (Lipinski definition) is 6.